The first-order valence-corrected chi connectivity index (χ1v) is 4.20. The van der Waals surface area contributed by atoms with Crippen LogP contribution in [-0.2, 0) is 9.53 Å². The van der Waals surface area contributed by atoms with E-state index in [4.69, 9.17) is 0 Å². The van der Waals surface area contributed by atoms with E-state index >= 15 is 0 Å². The van der Waals surface area contributed by atoms with Gasteiger partial charge < -0.3 is 15.2 Å². The standard InChI is InChI=1S/C8H15NO3/c1-3-5-6(10)4-9-7(5)8(11)12-2/h5-7,9-10H,3-4H2,1-2H3/t5-,6+,7+/m1/s1. The summed E-state index contributed by atoms with van der Waals surface area (Å²) in [6, 6.07) is -0.324. The van der Waals surface area contributed by atoms with Crippen molar-refractivity contribution in [1.29, 1.82) is 0 Å². The number of hydrogen-bond donors (Lipinski definition) is 2. The van der Waals surface area contributed by atoms with Crippen molar-refractivity contribution in [2.45, 2.75) is 25.5 Å². The SMILES string of the molecule is CC[C@H]1[C@@H](C(=O)OC)NC[C@@H]1O. The molecule has 2 N–H and O–H groups in total. The molecule has 1 fully saturated rings. The lowest BCUT2D eigenvalue weighted by Gasteiger charge is -2.16. The molecular formula is C8H15NO3. The van der Waals surface area contributed by atoms with E-state index in [1.165, 1.54) is 7.11 Å². The molecule has 0 saturated carbocycles. The number of carbonyl (C=O) groups is 1. The number of aliphatic hydroxyl groups excluding tert-OH is 1. The molecule has 1 aliphatic rings. The summed E-state index contributed by atoms with van der Waals surface area (Å²) >= 11 is 0. The normalized spacial score (nSPS) is 35.1. The predicted octanol–water partition coefficient (Wildman–Crippen LogP) is -0.482. The molecule has 1 rings (SSSR count). The van der Waals surface area contributed by atoms with E-state index in [1.807, 2.05) is 6.92 Å². The maximum Gasteiger partial charge on any atom is 0.323 e. The van der Waals surface area contributed by atoms with Gasteiger partial charge in [-0.25, -0.2) is 0 Å². The number of hydrogen-bond acceptors (Lipinski definition) is 4. The van der Waals surface area contributed by atoms with Crippen LogP contribution in [0.5, 0.6) is 0 Å². The van der Waals surface area contributed by atoms with Crippen LogP contribution in [0.2, 0.25) is 0 Å². The number of rotatable bonds is 2. The lowest BCUT2D eigenvalue weighted by Crippen LogP contribution is -2.37. The fourth-order valence-corrected chi connectivity index (χ4v) is 1.67. The minimum atomic E-state index is -0.418. The summed E-state index contributed by atoms with van der Waals surface area (Å²) in [5.74, 6) is -0.282. The first-order valence-electron chi connectivity index (χ1n) is 4.20. The summed E-state index contributed by atoms with van der Waals surface area (Å²) < 4.78 is 4.60. The van der Waals surface area contributed by atoms with Gasteiger partial charge in [0.25, 0.3) is 0 Å². The fraction of sp³-hybridized carbons (Fsp3) is 0.875. The van der Waals surface area contributed by atoms with Crippen LogP contribution in [0.15, 0.2) is 0 Å². The summed E-state index contributed by atoms with van der Waals surface area (Å²) in [6.45, 7) is 2.44. The summed E-state index contributed by atoms with van der Waals surface area (Å²) in [5, 5.41) is 12.4. The van der Waals surface area contributed by atoms with Crippen LogP contribution in [0.1, 0.15) is 13.3 Å². The quantitative estimate of drug-likeness (QED) is 0.554. The average molecular weight is 173 g/mol. The van der Waals surface area contributed by atoms with Gasteiger partial charge >= 0.3 is 5.97 Å². The minimum Gasteiger partial charge on any atom is -0.468 e. The summed E-state index contributed by atoms with van der Waals surface area (Å²) in [6.07, 6.45) is 0.368. The molecule has 12 heavy (non-hydrogen) atoms. The van der Waals surface area contributed by atoms with Gasteiger partial charge in [-0.2, -0.15) is 0 Å². The third-order valence-corrected chi connectivity index (χ3v) is 2.40. The second-order valence-corrected chi connectivity index (χ2v) is 3.05. The highest BCUT2D eigenvalue weighted by molar-refractivity contribution is 5.76. The number of ether oxygens (including phenoxy) is 1. The third kappa shape index (κ3) is 1.59. The molecule has 4 nitrogen and oxygen atoms in total. The average Bonchev–Trinajstić information content (AvgIpc) is 2.45. The van der Waals surface area contributed by atoms with E-state index in [9.17, 15) is 9.90 Å². The van der Waals surface area contributed by atoms with Gasteiger partial charge in [-0.15, -0.1) is 0 Å². The van der Waals surface area contributed by atoms with Crippen molar-refractivity contribution in [3.63, 3.8) is 0 Å². The Balaban J connectivity index is 2.60. The number of esters is 1. The van der Waals surface area contributed by atoms with E-state index in [0.717, 1.165) is 6.42 Å². The molecule has 0 unspecified atom stereocenters. The van der Waals surface area contributed by atoms with Crippen molar-refractivity contribution >= 4 is 5.97 Å². The lowest BCUT2D eigenvalue weighted by molar-refractivity contribution is -0.144. The highest BCUT2D eigenvalue weighted by Gasteiger charge is 2.38. The third-order valence-electron chi connectivity index (χ3n) is 2.40. The van der Waals surface area contributed by atoms with Crippen molar-refractivity contribution in [3.8, 4) is 0 Å². The molecule has 4 heteroatoms. The Morgan fingerprint density at radius 3 is 2.92 bits per heavy atom. The molecule has 0 spiro atoms. The molecular weight excluding hydrogens is 158 g/mol. The maximum absolute atomic E-state index is 11.1. The summed E-state index contributed by atoms with van der Waals surface area (Å²) in [5.41, 5.74) is 0. The van der Waals surface area contributed by atoms with Crippen molar-refractivity contribution in [3.05, 3.63) is 0 Å². The number of nitrogens with one attached hydrogen (secondary N) is 1. The largest absolute Gasteiger partial charge is 0.468 e. The van der Waals surface area contributed by atoms with Crippen LogP contribution >= 0.6 is 0 Å². The Labute approximate surface area is 71.9 Å². The molecule has 70 valence electrons. The van der Waals surface area contributed by atoms with E-state index in [1.54, 1.807) is 0 Å². The molecule has 1 heterocycles. The molecule has 0 bridgehead atoms. The highest BCUT2D eigenvalue weighted by atomic mass is 16.5. The van der Waals surface area contributed by atoms with Crippen LogP contribution in [0.3, 0.4) is 0 Å². The molecule has 0 radical (unpaired) electrons. The number of aliphatic hydroxyl groups is 1. The molecule has 3 atom stereocenters. The van der Waals surface area contributed by atoms with E-state index < -0.39 is 6.10 Å². The number of β-amino-alcohol motifs (C(OH)–C–C–N with tert-alkyl or cyclic N) is 1. The highest BCUT2D eigenvalue weighted by Crippen LogP contribution is 2.20. The second kappa shape index (κ2) is 3.87. The number of methoxy groups -OCH3 is 1. The van der Waals surface area contributed by atoms with Gasteiger partial charge in [0.2, 0.25) is 0 Å². The van der Waals surface area contributed by atoms with Crippen LogP contribution in [0.4, 0.5) is 0 Å². The Morgan fingerprint density at radius 1 is 1.75 bits per heavy atom. The van der Waals surface area contributed by atoms with E-state index in [0.29, 0.717) is 6.54 Å². The van der Waals surface area contributed by atoms with Crippen molar-refractivity contribution in [2.75, 3.05) is 13.7 Å². The zero-order chi connectivity index (χ0) is 9.14. The molecule has 1 aliphatic heterocycles. The summed E-state index contributed by atoms with van der Waals surface area (Å²) in [4.78, 5) is 11.1. The minimum absolute atomic E-state index is 0.00236. The van der Waals surface area contributed by atoms with Gasteiger partial charge in [-0.1, -0.05) is 6.92 Å². The number of carbonyl (C=O) groups excluding carboxylic acids is 1. The van der Waals surface area contributed by atoms with Crippen LogP contribution in [0, 0.1) is 5.92 Å². The Hall–Kier alpha value is -0.610. The fourth-order valence-electron chi connectivity index (χ4n) is 1.67. The van der Waals surface area contributed by atoms with Crippen molar-refractivity contribution in [2.24, 2.45) is 5.92 Å². The Kier molecular flexibility index (Phi) is 3.05. The second-order valence-electron chi connectivity index (χ2n) is 3.05. The van der Waals surface area contributed by atoms with Crippen LogP contribution in [-0.4, -0.2) is 36.9 Å². The maximum atomic E-state index is 11.1. The van der Waals surface area contributed by atoms with E-state index in [2.05, 4.69) is 10.1 Å². The molecule has 0 aromatic rings. The van der Waals surface area contributed by atoms with Gasteiger partial charge in [-0.3, -0.25) is 4.79 Å². The van der Waals surface area contributed by atoms with Crippen LogP contribution in [0.25, 0.3) is 0 Å². The van der Waals surface area contributed by atoms with Gasteiger partial charge in [-0.05, 0) is 6.42 Å². The zero-order valence-corrected chi connectivity index (χ0v) is 7.41. The van der Waals surface area contributed by atoms with Gasteiger partial charge in [0.05, 0.1) is 13.2 Å². The Bertz CT molecular complexity index is 172. The molecule has 0 aromatic heterocycles. The first kappa shape index (κ1) is 9.48. The smallest absolute Gasteiger partial charge is 0.323 e. The summed E-state index contributed by atoms with van der Waals surface area (Å²) in [7, 11) is 1.36. The Morgan fingerprint density at radius 2 is 2.42 bits per heavy atom. The molecule has 1 saturated heterocycles. The van der Waals surface area contributed by atoms with Gasteiger partial charge in [0.1, 0.15) is 6.04 Å². The predicted molar refractivity (Wildman–Crippen MR) is 43.6 cm³/mol. The van der Waals surface area contributed by atoms with Gasteiger partial charge in [0.15, 0.2) is 0 Å². The van der Waals surface area contributed by atoms with Gasteiger partial charge in [0, 0.05) is 12.5 Å². The first-order chi connectivity index (χ1) is 5.70. The lowest BCUT2D eigenvalue weighted by atomic mass is 9.96. The molecule has 0 aromatic carbocycles. The zero-order valence-electron chi connectivity index (χ0n) is 7.41. The van der Waals surface area contributed by atoms with Crippen molar-refractivity contribution < 1.29 is 14.6 Å². The monoisotopic (exact) mass is 173 g/mol. The van der Waals surface area contributed by atoms with Crippen LogP contribution < -0.4 is 5.32 Å². The topological polar surface area (TPSA) is 58.6 Å². The molecule has 0 aliphatic carbocycles. The van der Waals surface area contributed by atoms with Crippen molar-refractivity contribution in [1.82, 2.24) is 5.32 Å². The molecule has 0 amide bonds. The van der Waals surface area contributed by atoms with E-state index in [-0.39, 0.29) is 17.9 Å².